The minimum Gasteiger partial charge on any atom is -0.313 e. The molecule has 0 amide bonds. The van der Waals surface area contributed by atoms with Crippen molar-refractivity contribution in [3.05, 3.63) is 17.5 Å². The van der Waals surface area contributed by atoms with E-state index in [1.807, 2.05) is 18.8 Å². The molecule has 1 aromatic heterocycles. The Bertz CT molecular complexity index is 237. The van der Waals surface area contributed by atoms with Gasteiger partial charge in [0.05, 0.1) is 11.4 Å². The van der Waals surface area contributed by atoms with E-state index >= 15 is 0 Å². The Morgan fingerprint density at radius 1 is 1.55 bits per heavy atom. The zero-order valence-electron chi connectivity index (χ0n) is 7.55. The molecule has 0 bridgehead atoms. The van der Waals surface area contributed by atoms with Crippen molar-refractivity contribution >= 4 is 0 Å². The summed E-state index contributed by atoms with van der Waals surface area (Å²) in [7, 11) is 1.87. The van der Waals surface area contributed by atoms with E-state index in [-0.39, 0.29) is 0 Å². The fraction of sp³-hybridized carbons (Fsp3) is 0.625. The van der Waals surface area contributed by atoms with E-state index in [0.717, 1.165) is 5.69 Å². The summed E-state index contributed by atoms with van der Waals surface area (Å²) in [6.45, 7) is 6.31. The van der Waals surface area contributed by atoms with Crippen LogP contribution in [0.3, 0.4) is 0 Å². The van der Waals surface area contributed by atoms with Gasteiger partial charge in [0.25, 0.3) is 0 Å². The molecule has 0 atom stereocenters. The minimum absolute atomic E-state index is 0.517. The van der Waals surface area contributed by atoms with Crippen LogP contribution in [0.2, 0.25) is 0 Å². The summed E-state index contributed by atoms with van der Waals surface area (Å²) in [5, 5.41) is 4.26. The van der Waals surface area contributed by atoms with E-state index in [4.69, 9.17) is 0 Å². The van der Waals surface area contributed by atoms with Gasteiger partial charge in [0.2, 0.25) is 0 Å². The molecule has 0 spiro atoms. The molecule has 1 N–H and O–H groups in total. The van der Waals surface area contributed by atoms with Gasteiger partial charge in [-0.15, -0.1) is 0 Å². The van der Waals surface area contributed by atoms with Gasteiger partial charge in [0, 0.05) is 7.05 Å². The molecule has 0 radical (unpaired) electrons. The van der Waals surface area contributed by atoms with Gasteiger partial charge in [-0.3, -0.25) is 0 Å². The topological polar surface area (TPSA) is 29.9 Å². The molecule has 3 heteroatoms. The van der Waals surface area contributed by atoms with Crippen LogP contribution in [0.5, 0.6) is 0 Å². The van der Waals surface area contributed by atoms with Gasteiger partial charge < -0.3 is 5.43 Å². The monoisotopic (exact) mass is 153 g/mol. The summed E-state index contributed by atoms with van der Waals surface area (Å²) in [6, 6.07) is 2.10. The average Bonchev–Trinajstić information content (AvgIpc) is 2.30. The Balaban J connectivity index is 3.02. The number of nitrogens with one attached hydrogen (secondary N) is 1. The predicted octanol–water partition coefficient (Wildman–Crippen LogP) is 1.49. The van der Waals surface area contributed by atoms with Gasteiger partial charge in [0.15, 0.2) is 0 Å². The van der Waals surface area contributed by atoms with Crippen molar-refractivity contribution in [2.45, 2.75) is 26.7 Å². The second-order valence-electron chi connectivity index (χ2n) is 3.00. The highest BCUT2D eigenvalue weighted by molar-refractivity contribution is 5.13. The van der Waals surface area contributed by atoms with Crippen LogP contribution in [0.25, 0.3) is 0 Å². The summed E-state index contributed by atoms with van der Waals surface area (Å²) in [4.78, 5) is 1.82. The van der Waals surface area contributed by atoms with Gasteiger partial charge in [0.1, 0.15) is 0 Å². The molecule has 0 unspecified atom stereocenters. The van der Waals surface area contributed by atoms with Crippen molar-refractivity contribution in [1.29, 1.82) is 0 Å². The van der Waals surface area contributed by atoms with Crippen LogP contribution in [0, 0.1) is 6.92 Å². The molecule has 1 aromatic rings. The first-order chi connectivity index (χ1) is 5.15. The lowest BCUT2D eigenvalue weighted by Crippen LogP contribution is -2.14. The molecule has 0 aliphatic heterocycles. The summed E-state index contributed by atoms with van der Waals surface area (Å²) in [6.07, 6.45) is 0. The summed E-state index contributed by atoms with van der Waals surface area (Å²) in [5.41, 5.74) is 5.29. The SMILES string of the molecule is CNn1nc(C)cc1C(C)C. The molecule has 0 saturated heterocycles. The molecule has 0 aliphatic carbocycles. The third kappa shape index (κ3) is 1.53. The molecule has 0 saturated carbocycles. The van der Waals surface area contributed by atoms with Crippen molar-refractivity contribution in [2.24, 2.45) is 0 Å². The highest BCUT2D eigenvalue weighted by atomic mass is 15.5. The lowest BCUT2D eigenvalue weighted by atomic mass is 10.1. The van der Waals surface area contributed by atoms with Crippen LogP contribution in [0.4, 0.5) is 0 Å². The predicted molar refractivity (Wildman–Crippen MR) is 46.3 cm³/mol. The number of hydrogen-bond acceptors (Lipinski definition) is 2. The van der Waals surface area contributed by atoms with E-state index < -0.39 is 0 Å². The lowest BCUT2D eigenvalue weighted by Gasteiger charge is -2.07. The lowest BCUT2D eigenvalue weighted by molar-refractivity contribution is 0.677. The Hall–Kier alpha value is -0.990. The molecule has 0 aliphatic rings. The Morgan fingerprint density at radius 3 is 2.55 bits per heavy atom. The van der Waals surface area contributed by atoms with Gasteiger partial charge >= 0.3 is 0 Å². The number of aromatic nitrogens is 2. The van der Waals surface area contributed by atoms with Crippen molar-refractivity contribution in [2.75, 3.05) is 12.5 Å². The quantitative estimate of drug-likeness (QED) is 0.697. The van der Waals surface area contributed by atoms with Gasteiger partial charge in [-0.1, -0.05) is 13.8 Å². The molecule has 3 nitrogen and oxygen atoms in total. The summed E-state index contributed by atoms with van der Waals surface area (Å²) >= 11 is 0. The van der Waals surface area contributed by atoms with Crippen molar-refractivity contribution < 1.29 is 0 Å². The minimum atomic E-state index is 0.517. The number of aryl methyl sites for hydroxylation is 1. The number of nitrogens with zero attached hydrogens (tertiary/aromatic N) is 2. The summed E-state index contributed by atoms with van der Waals surface area (Å²) < 4.78 is 0. The van der Waals surface area contributed by atoms with Crippen LogP contribution >= 0.6 is 0 Å². The van der Waals surface area contributed by atoms with Crippen molar-refractivity contribution in [1.82, 2.24) is 9.89 Å². The van der Waals surface area contributed by atoms with Crippen LogP contribution in [-0.2, 0) is 0 Å². The van der Waals surface area contributed by atoms with Crippen LogP contribution in [0.1, 0.15) is 31.2 Å². The Labute approximate surface area is 67.4 Å². The van der Waals surface area contributed by atoms with E-state index in [0.29, 0.717) is 5.92 Å². The number of hydrogen-bond donors (Lipinski definition) is 1. The van der Waals surface area contributed by atoms with E-state index in [9.17, 15) is 0 Å². The Morgan fingerprint density at radius 2 is 2.18 bits per heavy atom. The highest BCUT2D eigenvalue weighted by Crippen LogP contribution is 2.13. The standard InChI is InChI=1S/C8H15N3/c1-6(2)8-5-7(3)10-11(8)9-4/h5-6,9H,1-4H3. The van der Waals surface area contributed by atoms with Crippen LogP contribution in [0.15, 0.2) is 6.07 Å². The largest absolute Gasteiger partial charge is 0.313 e. The first-order valence-electron chi connectivity index (χ1n) is 3.89. The molecular weight excluding hydrogens is 138 g/mol. The van der Waals surface area contributed by atoms with E-state index in [1.54, 1.807) is 0 Å². The third-order valence-corrected chi connectivity index (χ3v) is 1.66. The zero-order valence-corrected chi connectivity index (χ0v) is 7.55. The van der Waals surface area contributed by atoms with Crippen molar-refractivity contribution in [3.8, 4) is 0 Å². The van der Waals surface area contributed by atoms with Gasteiger partial charge in [-0.2, -0.15) is 9.89 Å². The van der Waals surface area contributed by atoms with Crippen LogP contribution < -0.4 is 5.43 Å². The maximum Gasteiger partial charge on any atom is 0.0647 e. The Kier molecular flexibility index (Phi) is 2.17. The second kappa shape index (κ2) is 2.95. The second-order valence-corrected chi connectivity index (χ2v) is 3.00. The maximum absolute atomic E-state index is 4.26. The number of rotatable bonds is 2. The molecule has 0 aromatic carbocycles. The van der Waals surface area contributed by atoms with E-state index in [2.05, 4.69) is 30.4 Å². The highest BCUT2D eigenvalue weighted by Gasteiger charge is 2.06. The first-order valence-corrected chi connectivity index (χ1v) is 3.89. The normalized spacial score (nSPS) is 10.6. The first kappa shape index (κ1) is 8.11. The van der Waals surface area contributed by atoms with Crippen LogP contribution in [-0.4, -0.2) is 16.9 Å². The zero-order chi connectivity index (χ0) is 8.43. The average molecular weight is 153 g/mol. The maximum atomic E-state index is 4.26. The van der Waals surface area contributed by atoms with E-state index in [1.165, 1.54) is 5.69 Å². The molecule has 62 valence electrons. The molecule has 1 rings (SSSR count). The fourth-order valence-electron chi connectivity index (χ4n) is 1.11. The molecule has 11 heavy (non-hydrogen) atoms. The van der Waals surface area contributed by atoms with Crippen molar-refractivity contribution in [3.63, 3.8) is 0 Å². The smallest absolute Gasteiger partial charge is 0.0647 e. The van der Waals surface area contributed by atoms with Gasteiger partial charge in [-0.05, 0) is 18.9 Å². The fourth-order valence-corrected chi connectivity index (χ4v) is 1.11. The third-order valence-electron chi connectivity index (χ3n) is 1.66. The molecule has 1 heterocycles. The molecule has 0 fully saturated rings. The van der Waals surface area contributed by atoms with Gasteiger partial charge in [-0.25, -0.2) is 0 Å². The molecular formula is C8H15N3. The summed E-state index contributed by atoms with van der Waals surface area (Å²) in [5.74, 6) is 0.517.